The predicted molar refractivity (Wildman–Crippen MR) is 73.9 cm³/mol. The number of benzene rings is 1. The van der Waals surface area contributed by atoms with Gasteiger partial charge in [-0.25, -0.2) is 0 Å². The monoisotopic (exact) mass is 256 g/mol. The van der Waals surface area contributed by atoms with Gasteiger partial charge in [-0.3, -0.25) is 9.59 Å². The number of ketones is 1. The maximum Gasteiger partial charge on any atom is 0.227 e. The number of H-pyrrole nitrogens is 1. The topological polar surface area (TPSA) is 62.0 Å². The van der Waals surface area contributed by atoms with Crippen LogP contribution in [-0.4, -0.2) is 16.7 Å². The minimum absolute atomic E-state index is 0.0252. The van der Waals surface area contributed by atoms with Gasteiger partial charge < -0.3 is 10.3 Å². The van der Waals surface area contributed by atoms with Crippen LogP contribution in [0.2, 0.25) is 0 Å². The third kappa shape index (κ3) is 2.38. The Balaban J connectivity index is 1.74. The number of carbonyl (C=O) groups is 2. The predicted octanol–water partition coefficient (Wildman–Crippen LogP) is 2.87. The first-order chi connectivity index (χ1) is 9.24. The number of rotatable bonds is 2. The summed E-state index contributed by atoms with van der Waals surface area (Å²) < 4.78 is 0. The number of Topliss-reactive ketones (excluding diaryl/α,β-unsaturated/α-hetero) is 1. The minimum Gasteiger partial charge on any atom is -0.359 e. The van der Waals surface area contributed by atoms with Crippen molar-refractivity contribution in [3.63, 3.8) is 0 Å². The number of aromatic amines is 1. The van der Waals surface area contributed by atoms with E-state index in [1.807, 2.05) is 30.5 Å². The molecular weight excluding hydrogens is 240 g/mol. The summed E-state index contributed by atoms with van der Waals surface area (Å²) in [7, 11) is 0. The SMILES string of the molecule is O=C1CCC(C(=O)Nc2c[nH]c3ccccc23)CC1. The lowest BCUT2D eigenvalue weighted by atomic mass is 9.88. The highest BCUT2D eigenvalue weighted by atomic mass is 16.2. The van der Waals surface area contributed by atoms with Crippen molar-refractivity contribution < 1.29 is 9.59 Å². The van der Waals surface area contributed by atoms with Crippen LogP contribution in [0.4, 0.5) is 5.69 Å². The molecule has 1 aromatic carbocycles. The average molecular weight is 256 g/mol. The molecule has 1 amide bonds. The summed E-state index contributed by atoms with van der Waals surface area (Å²) in [6.07, 6.45) is 4.23. The summed E-state index contributed by atoms with van der Waals surface area (Å²) in [5.41, 5.74) is 1.83. The van der Waals surface area contributed by atoms with E-state index in [-0.39, 0.29) is 17.6 Å². The van der Waals surface area contributed by atoms with Gasteiger partial charge in [-0.1, -0.05) is 18.2 Å². The molecule has 1 aliphatic rings. The molecule has 1 fully saturated rings. The van der Waals surface area contributed by atoms with Gasteiger partial charge in [0.1, 0.15) is 5.78 Å². The Bertz CT molecular complexity index is 620. The molecule has 1 aliphatic carbocycles. The highest BCUT2D eigenvalue weighted by Crippen LogP contribution is 2.26. The Morgan fingerprint density at radius 3 is 2.74 bits per heavy atom. The molecule has 4 heteroatoms. The molecule has 0 atom stereocenters. The van der Waals surface area contributed by atoms with Crippen LogP contribution in [0.3, 0.4) is 0 Å². The summed E-state index contributed by atoms with van der Waals surface area (Å²) in [5, 5.41) is 3.98. The van der Waals surface area contributed by atoms with E-state index in [9.17, 15) is 9.59 Å². The molecule has 4 nitrogen and oxygen atoms in total. The average Bonchev–Trinajstić information content (AvgIpc) is 2.83. The first-order valence-electron chi connectivity index (χ1n) is 6.63. The number of carbonyl (C=O) groups excluding carboxylic acids is 2. The second-order valence-corrected chi connectivity index (χ2v) is 5.05. The zero-order chi connectivity index (χ0) is 13.2. The number of aromatic nitrogens is 1. The Morgan fingerprint density at radius 2 is 1.95 bits per heavy atom. The molecule has 1 aromatic heterocycles. The van der Waals surface area contributed by atoms with Crippen molar-refractivity contribution in [2.45, 2.75) is 25.7 Å². The Kier molecular flexibility index (Phi) is 3.07. The van der Waals surface area contributed by atoms with Crippen molar-refractivity contribution in [2.75, 3.05) is 5.32 Å². The summed E-state index contributed by atoms with van der Waals surface area (Å²) in [6.45, 7) is 0. The van der Waals surface area contributed by atoms with Gasteiger partial charge in [-0.05, 0) is 18.9 Å². The molecule has 0 bridgehead atoms. The summed E-state index contributed by atoms with van der Waals surface area (Å²) >= 11 is 0. The summed E-state index contributed by atoms with van der Waals surface area (Å²) in [5.74, 6) is 0.264. The standard InChI is InChI=1S/C15H16N2O2/c18-11-7-5-10(6-8-11)15(19)17-14-9-16-13-4-2-1-3-12(13)14/h1-4,9-10,16H,5-8H2,(H,17,19). The highest BCUT2D eigenvalue weighted by molar-refractivity contribution is 6.02. The van der Waals surface area contributed by atoms with E-state index >= 15 is 0 Å². The molecule has 98 valence electrons. The van der Waals surface area contributed by atoms with Crippen LogP contribution < -0.4 is 5.32 Å². The Morgan fingerprint density at radius 1 is 1.21 bits per heavy atom. The van der Waals surface area contributed by atoms with Gasteiger partial charge in [0.25, 0.3) is 0 Å². The second-order valence-electron chi connectivity index (χ2n) is 5.05. The quantitative estimate of drug-likeness (QED) is 0.867. The van der Waals surface area contributed by atoms with Crippen molar-refractivity contribution in [1.82, 2.24) is 4.98 Å². The fraction of sp³-hybridized carbons (Fsp3) is 0.333. The molecular formula is C15H16N2O2. The maximum atomic E-state index is 12.2. The van der Waals surface area contributed by atoms with Gasteiger partial charge >= 0.3 is 0 Å². The third-order valence-electron chi connectivity index (χ3n) is 3.76. The van der Waals surface area contributed by atoms with Gasteiger partial charge in [0.05, 0.1) is 5.69 Å². The number of anilines is 1. The second kappa shape index (κ2) is 4.88. The van der Waals surface area contributed by atoms with Crippen molar-refractivity contribution in [1.29, 1.82) is 0 Å². The summed E-state index contributed by atoms with van der Waals surface area (Å²) in [4.78, 5) is 26.5. The molecule has 0 unspecified atom stereocenters. The first kappa shape index (κ1) is 12.0. The van der Waals surface area contributed by atoms with Crippen LogP contribution in [0, 0.1) is 5.92 Å². The molecule has 0 radical (unpaired) electrons. The third-order valence-corrected chi connectivity index (χ3v) is 3.76. The Labute approximate surface area is 111 Å². The maximum absolute atomic E-state index is 12.2. The van der Waals surface area contributed by atoms with E-state index in [2.05, 4.69) is 10.3 Å². The molecule has 3 rings (SSSR count). The van der Waals surface area contributed by atoms with Crippen molar-refractivity contribution in [3.05, 3.63) is 30.5 Å². The lowest BCUT2D eigenvalue weighted by Gasteiger charge is -2.19. The molecule has 1 saturated carbocycles. The van der Waals surface area contributed by atoms with E-state index in [0.717, 1.165) is 16.6 Å². The summed E-state index contributed by atoms with van der Waals surface area (Å²) in [6, 6.07) is 7.86. The molecule has 0 saturated heterocycles. The molecule has 2 N–H and O–H groups in total. The van der Waals surface area contributed by atoms with Gasteiger partial charge in [0.15, 0.2) is 0 Å². The fourth-order valence-electron chi connectivity index (χ4n) is 2.61. The van der Waals surface area contributed by atoms with E-state index in [4.69, 9.17) is 0 Å². The number of hydrogen-bond acceptors (Lipinski definition) is 2. The van der Waals surface area contributed by atoms with Crippen molar-refractivity contribution in [3.8, 4) is 0 Å². The lowest BCUT2D eigenvalue weighted by Crippen LogP contribution is -2.27. The van der Waals surface area contributed by atoms with Crippen LogP contribution in [0.15, 0.2) is 30.5 Å². The molecule has 0 aliphatic heterocycles. The molecule has 19 heavy (non-hydrogen) atoms. The van der Waals surface area contributed by atoms with Gasteiger partial charge in [-0.15, -0.1) is 0 Å². The molecule has 0 spiro atoms. The normalized spacial score (nSPS) is 16.7. The van der Waals surface area contributed by atoms with Gasteiger partial charge in [-0.2, -0.15) is 0 Å². The fourth-order valence-corrected chi connectivity index (χ4v) is 2.61. The van der Waals surface area contributed by atoms with Crippen molar-refractivity contribution in [2.24, 2.45) is 5.92 Å². The number of para-hydroxylation sites is 1. The highest BCUT2D eigenvalue weighted by Gasteiger charge is 2.25. The van der Waals surface area contributed by atoms with E-state index < -0.39 is 0 Å². The zero-order valence-electron chi connectivity index (χ0n) is 10.6. The van der Waals surface area contributed by atoms with E-state index in [1.165, 1.54) is 0 Å². The van der Waals surface area contributed by atoms with E-state index in [1.54, 1.807) is 0 Å². The lowest BCUT2D eigenvalue weighted by molar-refractivity contribution is -0.125. The Hall–Kier alpha value is -2.10. The number of hydrogen-bond donors (Lipinski definition) is 2. The van der Waals surface area contributed by atoms with Gasteiger partial charge in [0.2, 0.25) is 5.91 Å². The zero-order valence-corrected chi connectivity index (χ0v) is 10.6. The van der Waals surface area contributed by atoms with Gasteiger partial charge in [0, 0.05) is 35.9 Å². The van der Waals surface area contributed by atoms with Crippen LogP contribution in [0.5, 0.6) is 0 Å². The molecule has 1 heterocycles. The van der Waals surface area contributed by atoms with Crippen LogP contribution in [-0.2, 0) is 9.59 Å². The van der Waals surface area contributed by atoms with Crippen LogP contribution >= 0.6 is 0 Å². The number of fused-ring (bicyclic) bond motifs is 1. The number of nitrogens with one attached hydrogen (secondary N) is 2. The largest absolute Gasteiger partial charge is 0.359 e. The number of amides is 1. The first-order valence-corrected chi connectivity index (χ1v) is 6.63. The van der Waals surface area contributed by atoms with Crippen molar-refractivity contribution >= 4 is 28.3 Å². The van der Waals surface area contributed by atoms with Crippen LogP contribution in [0.1, 0.15) is 25.7 Å². The van der Waals surface area contributed by atoms with Crippen LogP contribution in [0.25, 0.3) is 10.9 Å². The smallest absolute Gasteiger partial charge is 0.227 e. The minimum atomic E-state index is -0.0358. The molecule has 2 aromatic rings. The van der Waals surface area contributed by atoms with E-state index in [0.29, 0.717) is 25.7 Å².